The minimum atomic E-state index is -0.535. The molecule has 98 valence electrons. The zero-order valence-corrected chi connectivity index (χ0v) is 10.2. The first-order valence-electron chi connectivity index (χ1n) is 5.73. The number of benzene rings is 1. The van der Waals surface area contributed by atoms with E-state index in [9.17, 15) is 4.79 Å². The monoisotopic (exact) mass is 261 g/mol. The van der Waals surface area contributed by atoms with Crippen molar-refractivity contribution in [1.82, 2.24) is 5.16 Å². The third-order valence-corrected chi connectivity index (χ3v) is 2.73. The Balaban J connectivity index is 1.93. The number of hydrogen-bond donors (Lipinski definition) is 0. The van der Waals surface area contributed by atoms with E-state index in [2.05, 4.69) is 9.89 Å². The van der Waals surface area contributed by atoms with Crippen LogP contribution in [0.2, 0.25) is 0 Å². The van der Waals surface area contributed by atoms with E-state index < -0.39 is 5.97 Å². The highest BCUT2D eigenvalue weighted by atomic mass is 16.6. The van der Waals surface area contributed by atoms with Crippen LogP contribution in [0.4, 0.5) is 0 Å². The van der Waals surface area contributed by atoms with Crippen LogP contribution in [0.25, 0.3) is 11.3 Å². The van der Waals surface area contributed by atoms with Crippen molar-refractivity contribution in [1.29, 1.82) is 0 Å². The van der Waals surface area contributed by atoms with Crippen LogP contribution in [-0.4, -0.2) is 31.4 Å². The fourth-order valence-corrected chi connectivity index (χ4v) is 1.81. The number of nitrogens with zero attached hydrogens (tertiary/aromatic N) is 1. The molecule has 0 fully saturated rings. The molecule has 0 aliphatic carbocycles. The van der Waals surface area contributed by atoms with E-state index in [0.29, 0.717) is 30.5 Å². The topological polar surface area (TPSA) is 70.8 Å². The van der Waals surface area contributed by atoms with Crippen molar-refractivity contribution in [3.05, 3.63) is 30.0 Å². The predicted molar refractivity (Wildman–Crippen MR) is 64.3 cm³/mol. The van der Waals surface area contributed by atoms with Crippen LogP contribution < -0.4 is 9.47 Å². The molecule has 0 bridgehead atoms. The fourth-order valence-electron chi connectivity index (χ4n) is 1.81. The maximum atomic E-state index is 11.3. The van der Waals surface area contributed by atoms with Crippen molar-refractivity contribution in [3.63, 3.8) is 0 Å². The molecule has 0 unspecified atom stereocenters. The van der Waals surface area contributed by atoms with Crippen molar-refractivity contribution in [3.8, 4) is 22.8 Å². The summed E-state index contributed by atoms with van der Waals surface area (Å²) in [5.74, 6) is 1.28. The average molecular weight is 261 g/mol. The molecule has 6 nitrogen and oxygen atoms in total. The van der Waals surface area contributed by atoms with Crippen molar-refractivity contribution in [2.24, 2.45) is 0 Å². The molecule has 2 heterocycles. The van der Waals surface area contributed by atoms with Gasteiger partial charge < -0.3 is 18.7 Å². The fraction of sp³-hybridized carbons (Fsp3) is 0.231. The first kappa shape index (κ1) is 11.6. The lowest BCUT2D eigenvalue weighted by molar-refractivity contribution is 0.0589. The summed E-state index contributed by atoms with van der Waals surface area (Å²) < 4.78 is 20.6. The Bertz CT molecular complexity index is 619. The number of aromatic nitrogens is 1. The van der Waals surface area contributed by atoms with Gasteiger partial charge in [-0.1, -0.05) is 5.16 Å². The van der Waals surface area contributed by atoms with Crippen molar-refractivity contribution in [2.75, 3.05) is 20.3 Å². The highest BCUT2D eigenvalue weighted by molar-refractivity contribution is 5.88. The van der Waals surface area contributed by atoms with E-state index in [0.717, 1.165) is 5.56 Å². The number of ether oxygens (including phenoxy) is 3. The molecule has 6 heteroatoms. The molecule has 0 N–H and O–H groups in total. The summed E-state index contributed by atoms with van der Waals surface area (Å²) in [6.07, 6.45) is 0. The second-order valence-corrected chi connectivity index (χ2v) is 3.93. The van der Waals surface area contributed by atoms with E-state index in [1.807, 2.05) is 6.07 Å². The highest BCUT2D eigenvalue weighted by Gasteiger charge is 2.17. The lowest BCUT2D eigenvalue weighted by atomic mass is 10.1. The van der Waals surface area contributed by atoms with Gasteiger partial charge in [-0.3, -0.25) is 0 Å². The van der Waals surface area contributed by atoms with E-state index >= 15 is 0 Å². The smallest absolute Gasteiger partial charge is 0.360 e. The Kier molecular flexibility index (Phi) is 2.83. The molecular weight excluding hydrogens is 250 g/mol. The summed E-state index contributed by atoms with van der Waals surface area (Å²) in [7, 11) is 1.29. The first-order chi connectivity index (χ1) is 9.28. The Morgan fingerprint density at radius 2 is 2.00 bits per heavy atom. The van der Waals surface area contributed by atoms with Crippen molar-refractivity contribution < 1.29 is 23.5 Å². The molecule has 0 radical (unpaired) electrons. The van der Waals surface area contributed by atoms with Gasteiger partial charge in [-0.25, -0.2) is 4.79 Å². The summed E-state index contributed by atoms with van der Waals surface area (Å²) in [5, 5.41) is 3.65. The first-order valence-corrected chi connectivity index (χ1v) is 5.73. The van der Waals surface area contributed by atoms with Gasteiger partial charge in [0.15, 0.2) is 23.0 Å². The van der Waals surface area contributed by atoms with Crippen LogP contribution >= 0.6 is 0 Å². The zero-order valence-electron chi connectivity index (χ0n) is 10.2. The van der Waals surface area contributed by atoms with Crippen LogP contribution in [0.15, 0.2) is 28.8 Å². The highest BCUT2D eigenvalue weighted by Crippen LogP contribution is 2.34. The van der Waals surface area contributed by atoms with Crippen LogP contribution in [0.5, 0.6) is 11.5 Å². The van der Waals surface area contributed by atoms with Gasteiger partial charge >= 0.3 is 5.97 Å². The summed E-state index contributed by atoms with van der Waals surface area (Å²) >= 11 is 0. The zero-order chi connectivity index (χ0) is 13.2. The number of fused-ring (bicyclic) bond motifs is 1. The van der Waals surface area contributed by atoms with E-state index in [4.69, 9.17) is 14.0 Å². The summed E-state index contributed by atoms with van der Waals surface area (Å²) in [6, 6.07) is 6.92. The van der Waals surface area contributed by atoms with Crippen molar-refractivity contribution >= 4 is 5.97 Å². The van der Waals surface area contributed by atoms with E-state index in [-0.39, 0.29) is 5.69 Å². The Morgan fingerprint density at radius 3 is 2.79 bits per heavy atom. The summed E-state index contributed by atoms with van der Waals surface area (Å²) in [4.78, 5) is 11.3. The molecule has 0 saturated carbocycles. The van der Waals surface area contributed by atoms with E-state index in [1.165, 1.54) is 13.2 Å². The summed E-state index contributed by atoms with van der Waals surface area (Å²) in [5.41, 5.74) is 0.888. The SMILES string of the molecule is COC(=O)c1cc(-c2ccc3c(c2)OCCO3)on1. The van der Waals surface area contributed by atoms with E-state index in [1.54, 1.807) is 12.1 Å². The second kappa shape index (κ2) is 4.64. The minimum Gasteiger partial charge on any atom is -0.486 e. The normalized spacial score (nSPS) is 13.1. The van der Waals surface area contributed by atoms with Gasteiger partial charge in [0.1, 0.15) is 13.2 Å². The van der Waals surface area contributed by atoms with Gasteiger partial charge in [0, 0.05) is 11.6 Å². The van der Waals surface area contributed by atoms with Gasteiger partial charge in [-0.15, -0.1) is 0 Å². The van der Waals surface area contributed by atoms with Crippen LogP contribution in [0, 0.1) is 0 Å². The molecule has 1 aliphatic heterocycles. The van der Waals surface area contributed by atoms with Gasteiger partial charge in [0.2, 0.25) is 0 Å². The maximum absolute atomic E-state index is 11.3. The molecule has 1 aromatic heterocycles. The standard InChI is InChI=1S/C13H11NO5/c1-16-13(15)9-7-11(19-14-9)8-2-3-10-12(6-8)18-5-4-17-10/h2-3,6-7H,4-5H2,1H3. The molecule has 0 saturated heterocycles. The lowest BCUT2D eigenvalue weighted by Crippen LogP contribution is -2.15. The molecule has 19 heavy (non-hydrogen) atoms. The number of hydrogen-bond acceptors (Lipinski definition) is 6. The lowest BCUT2D eigenvalue weighted by Gasteiger charge is -2.18. The molecule has 0 amide bonds. The Hall–Kier alpha value is -2.50. The molecule has 1 aromatic carbocycles. The molecule has 0 atom stereocenters. The number of rotatable bonds is 2. The third kappa shape index (κ3) is 2.12. The largest absolute Gasteiger partial charge is 0.486 e. The number of esters is 1. The molecular formula is C13H11NO5. The van der Waals surface area contributed by atoms with Crippen molar-refractivity contribution in [2.45, 2.75) is 0 Å². The predicted octanol–water partition coefficient (Wildman–Crippen LogP) is 1.90. The van der Waals surface area contributed by atoms with Gasteiger partial charge in [-0.2, -0.15) is 0 Å². The average Bonchev–Trinajstić information content (AvgIpc) is 2.95. The molecule has 0 spiro atoms. The Morgan fingerprint density at radius 1 is 1.21 bits per heavy atom. The quantitative estimate of drug-likeness (QED) is 0.769. The van der Waals surface area contributed by atoms with Crippen LogP contribution in [-0.2, 0) is 4.74 Å². The molecule has 1 aliphatic rings. The van der Waals surface area contributed by atoms with Crippen LogP contribution in [0.1, 0.15) is 10.5 Å². The second-order valence-electron chi connectivity index (χ2n) is 3.93. The number of carbonyl (C=O) groups is 1. The number of methoxy groups -OCH3 is 1. The van der Waals surface area contributed by atoms with Crippen LogP contribution in [0.3, 0.4) is 0 Å². The molecule has 2 aromatic rings. The number of carbonyl (C=O) groups excluding carboxylic acids is 1. The Labute approximate surface area is 108 Å². The van der Waals surface area contributed by atoms with Gasteiger partial charge in [0.05, 0.1) is 7.11 Å². The molecule has 3 rings (SSSR count). The third-order valence-electron chi connectivity index (χ3n) is 2.73. The minimum absolute atomic E-state index is 0.132. The summed E-state index contributed by atoms with van der Waals surface area (Å²) in [6.45, 7) is 1.06. The maximum Gasteiger partial charge on any atom is 0.360 e. The van der Waals surface area contributed by atoms with Gasteiger partial charge in [0.25, 0.3) is 0 Å². The van der Waals surface area contributed by atoms with Gasteiger partial charge in [-0.05, 0) is 18.2 Å².